The average molecular weight is 203 g/mol. The number of hydrogen-bond acceptors (Lipinski definition) is 2. The molecule has 2 nitrogen and oxygen atoms in total. The van der Waals surface area contributed by atoms with Gasteiger partial charge in [0.05, 0.1) is 6.61 Å². The van der Waals surface area contributed by atoms with Gasteiger partial charge in [-0.2, -0.15) is 0 Å². The molecule has 1 atom stereocenters. The summed E-state index contributed by atoms with van der Waals surface area (Å²) >= 11 is 0. The highest BCUT2D eigenvalue weighted by atomic mass is 16.5. The molecule has 0 spiro atoms. The monoisotopic (exact) mass is 203 g/mol. The highest BCUT2D eigenvalue weighted by Gasteiger charge is 2.29. The maximum absolute atomic E-state index is 6.29. The number of rotatable bonds is 2. The zero-order valence-electron chi connectivity index (χ0n) is 8.91. The molecule has 2 aliphatic rings. The second-order valence-electron chi connectivity index (χ2n) is 4.65. The largest absolute Gasteiger partial charge is 0.493 e. The predicted molar refractivity (Wildman–Crippen MR) is 59.9 cm³/mol. The first kappa shape index (κ1) is 9.22. The van der Waals surface area contributed by atoms with Gasteiger partial charge in [0, 0.05) is 18.0 Å². The summed E-state index contributed by atoms with van der Waals surface area (Å²) in [6.45, 7) is 0.823. The fourth-order valence-electron chi connectivity index (χ4n) is 2.56. The second-order valence-corrected chi connectivity index (χ2v) is 4.65. The van der Waals surface area contributed by atoms with Gasteiger partial charge >= 0.3 is 0 Å². The Morgan fingerprint density at radius 1 is 1.33 bits per heavy atom. The van der Waals surface area contributed by atoms with Crippen molar-refractivity contribution in [3.63, 3.8) is 0 Å². The molecule has 1 unspecified atom stereocenters. The minimum absolute atomic E-state index is 0.187. The quantitative estimate of drug-likeness (QED) is 0.801. The zero-order chi connectivity index (χ0) is 10.3. The second kappa shape index (κ2) is 3.53. The zero-order valence-corrected chi connectivity index (χ0v) is 8.91. The van der Waals surface area contributed by atoms with Gasteiger partial charge < -0.3 is 10.5 Å². The first-order valence-corrected chi connectivity index (χ1v) is 5.86. The summed E-state index contributed by atoms with van der Waals surface area (Å²) in [6, 6.07) is 6.58. The van der Waals surface area contributed by atoms with Crippen LogP contribution in [0.25, 0.3) is 0 Å². The van der Waals surface area contributed by atoms with Gasteiger partial charge in [0.2, 0.25) is 0 Å². The molecule has 80 valence electrons. The Bertz CT molecular complexity index is 371. The molecule has 1 aliphatic carbocycles. The number of nitrogens with two attached hydrogens (primary N) is 1. The molecule has 0 aromatic heterocycles. The van der Waals surface area contributed by atoms with Crippen molar-refractivity contribution in [3.8, 4) is 5.75 Å². The van der Waals surface area contributed by atoms with E-state index >= 15 is 0 Å². The minimum atomic E-state index is 0.187. The van der Waals surface area contributed by atoms with Crippen LogP contribution >= 0.6 is 0 Å². The molecule has 1 saturated carbocycles. The van der Waals surface area contributed by atoms with Gasteiger partial charge in [0.15, 0.2) is 0 Å². The van der Waals surface area contributed by atoms with E-state index in [1.807, 2.05) is 0 Å². The molecule has 0 saturated heterocycles. The van der Waals surface area contributed by atoms with E-state index in [1.165, 1.54) is 30.4 Å². The van der Waals surface area contributed by atoms with E-state index in [9.17, 15) is 0 Å². The van der Waals surface area contributed by atoms with E-state index in [4.69, 9.17) is 10.5 Å². The van der Waals surface area contributed by atoms with Crippen molar-refractivity contribution in [1.82, 2.24) is 0 Å². The molecule has 1 aromatic carbocycles. The molecule has 15 heavy (non-hydrogen) atoms. The van der Waals surface area contributed by atoms with Gasteiger partial charge in [-0.1, -0.05) is 24.6 Å². The lowest BCUT2D eigenvalue weighted by Gasteiger charge is -2.32. The number of ether oxygens (including phenoxy) is 1. The maximum Gasteiger partial charge on any atom is 0.127 e. The van der Waals surface area contributed by atoms with E-state index in [2.05, 4.69) is 18.2 Å². The summed E-state index contributed by atoms with van der Waals surface area (Å²) in [6.07, 6.45) is 4.95. The standard InChI is InChI=1S/C13H17NO/c14-12(9-3-1-4-9)11-6-2-5-10-7-8-15-13(10)11/h2,5-6,9,12H,1,3-4,7-8,14H2. The van der Waals surface area contributed by atoms with Crippen molar-refractivity contribution in [2.75, 3.05) is 6.61 Å². The molecule has 0 radical (unpaired) electrons. The summed E-state index contributed by atoms with van der Waals surface area (Å²) in [5, 5.41) is 0. The first-order chi connectivity index (χ1) is 7.36. The van der Waals surface area contributed by atoms with E-state index < -0.39 is 0 Å². The van der Waals surface area contributed by atoms with Crippen molar-refractivity contribution in [2.24, 2.45) is 11.7 Å². The molecule has 1 aromatic rings. The van der Waals surface area contributed by atoms with Gasteiger partial charge in [-0.15, -0.1) is 0 Å². The molecule has 1 heterocycles. The lowest BCUT2D eigenvalue weighted by Crippen LogP contribution is -2.27. The summed E-state index contributed by atoms with van der Waals surface area (Å²) in [7, 11) is 0. The van der Waals surface area contributed by atoms with E-state index in [0.717, 1.165) is 18.8 Å². The van der Waals surface area contributed by atoms with Gasteiger partial charge in [-0.3, -0.25) is 0 Å². The molecular formula is C13H17NO. The van der Waals surface area contributed by atoms with E-state index in [1.54, 1.807) is 0 Å². The number of hydrogen-bond donors (Lipinski definition) is 1. The van der Waals surface area contributed by atoms with Crippen LogP contribution in [0.5, 0.6) is 5.75 Å². The van der Waals surface area contributed by atoms with Gasteiger partial charge in [0.25, 0.3) is 0 Å². The van der Waals surface area contributed by atoms with Crippen molar-refractivity contribution in [2.45, 2.75) is 31.7 Å². The topological polar surface area (TPSA) is 35.2 Å². The van der Waals surface area contributed by atoms with E-state index in [0.29, 0.717) is 5.92 Å². The van der Waals surface area contributed by atoms with Crippen LogP contribution in [0.1, 0.15) is 36.4 Å². The predicted octanol–water partition coefficient (Wildman–Crippen LogP) is 2.42. The molecular weight excluding hydrogens is 186 g/mol. The Balaban J connectivity index is 1.93. The van der Waals surface area contributed by atoms with Crippen LogP contribution in [-0.2, 0) is 6.42 Å². The molecule has 0 bridgehead atoms. The highest BCUT2D eigenvalue weighted by Crippen LogP contribution is 2.41. The Hall–Kier alpha value is -1.02. The van der Waals surface area contributed by atoms with Crippen molar-refractivity contribution in [3.05, 3.63) is 29.3 Å². The third-order valence-electron chi connectivity index (χ3n) is 3.76. The summed E-state index contributed by atoms with van der Waals surface area (Å²) in [4.78, 5) is 0. The third-order valence-corrected chi connectivity index (χ3v) is 3.76. The Kier molecular flexibility index (Phi) is 2.17. The molecule has 1 aliphatic heterocycles. The van der Waals surface area contributed by atoms with E-state index in [-0.39, 0.29) is 6.04 Å². The molecule has 0 amide bonds. The molecule has 1 fully saturated rings. The third kappa shape index (κ3) is 1.44. The molecule has 2 N–H and O–H groups in total. The summed E-state index contributed by atoms with van der Waals surface area (Å²) in [5.41, 5.74) is 8.86. The number of fused-ring (bicyclic) bond motifs is 1. The van der Waals surface area contributed by atoms with Crippen LogP contribution in [0.3, 0.4) is 0 Å². The normalized spacial score (nSPS) is 21.7. The van der Waals surface area contributed by atoms with Crippen molar-refractivity contribution < 1.29 is 4.74 Å². The average Bonchev–Trinajstić information content (AvgIpc) is 2.61. The van der Waals surface area contributed by atoms with Crippen molar-refractivity contribution in [1.29, 1.82) is 0 Å². The van der Waals surface area contributed by atoms with Gasteiger partial charge in [0.1, 0.15) is 5.75 Å². The van der Waals surface area contributed by atoms with Crippen LogP contribution in [0.15, 0.2) is 18.2 Å². The Morgan fingerprint density at radius 2 is 2.20 bits per heavy atom. The summed E-state index contributed by atoms with van der Waals surface area (Å²) in [5.74, 6) is 1.76. The maximum atomic E-state index is 6.29. The first-order valence-electron chi connectivity index (χ1n) is 5.86. The lowest BCUT2D eigenvalue weighted by atomic mass is 9.77. The smallest absolute Gasteiger partial charge is 0.127 e. The number of benzene rings is 1. The SMILES string of the molecule is NC(c1cccc2c1OCC2)C1CCC1. The van der Waals surface area contributed by atoms with Gasteiger partial charge in [-0.05, 0) is 24.3 Å². The Labute approximate surface area is 90.4 Å². The molecule has 2 heteroatoms. The highest BCUT2D eigenvalue weighted by molar-refractivity contribution is 5.45. The lowest BCUT2D eigenvalue weighted by molar-refractivity contribution is 0.258. The van der Waals surface area contributed by atoms with Crippen molar-refractivity contribution >= 4 is 0 Å². The Morgan fingerprint density at radius 3 is 2.93 bits per heavy atom. The van der Waals surface area contributed by atoms with Crippen LogP contribution in [0, 0.1) is 5.92 Å². The van der Waals surface area contributed by atoms with Crippen LogP contribution in [0.2, 0.25) is 0 Å². The fourth-order valence-corrected chi connectivity index (χ4v) is 2.56. The summed E-state index contributed by atoms with van der Waals surface area (Å²) < 4.78 is 5.69. The van der Waals surface area contributed by atoms with Gasteiger partial charge in [-0.25, -0.2) is 0 Å². The number of para-hydroxylation sites is 1. The fraction of sp³-hybridized carbons (Fsp3) is 0.538. The van der Waals surface area contributed by atoms with Crippen LogP contribution in [-0.4, -0.2) is 6.61 Å². The van der Waals surface area contributed by atoms with Crippen LogP contribution < -0.4 is 10.5 Å². The minimum Gasteiger partial charge on any atom is -0.493 e. The molecule has 3 rings (SSSR count). The van der Waals surface area contributed by atoms with Crippen LogP contribution in [0.4, 0.5) is 0 Å².